The van der Waals surface area contributed by atoms with Gasteiger partial charge in [0.2, 0.25) is 5.91 Å². The predicted molar refractivity (Wildman–Crippen MR) is 137 cm³/mol. The topological polar surface area (TPSA) is 74.6 Å². The summed E-state index contributed by atoms with van der Waals surface area (Å²) in [6, 6.07) is 18.8. The van der Waals surface area contributed by atoms with Gasteiger partial charge in [0, 0.05) is 36.2 Å². The van der Waals surface area contributed by atoms with Gasteiger partial charge < -0.3 is 15.0 Å². The minimum atomic E-state index is -0.483. The van der Waals surface area contributed by atoms with Gasteiger partial charge in [0.1, 0.15) is 5.82 Å². The molecule has 2 N–H and O–H groups in total. The van der Waals surface area contributed by atoms with Gasteiger partial charge in [0.25, 0.3) is 5.56 Å². The lowest BCUT2D eigenvalue weighted by Crippen LogP contribution is -2.49. The molecule has 1 fully saturated rings. The Morgan fingerprint density at radius 1 is 1.14 bits per heavy atom. The molecule has 0 spiro atoms. The Hall–Kier alpha value is -3.29. The largest absolute Gasteiger partial charge is 0.396 e. The molecule has 36 heavy (non-hydrogen) atoms. The van der Waals surface area contributed by atoms with Crippen LogP contribution in [0.2, 0.25) is 0 Å². The van der Waals surface area contributed by atoms with Crippen LogP contribution in [0, 0.1) is 17.7 Å². The predicted octanol–water partition coefficient (Wildman–Crippen LogP) is 3.91. The zero-order valence-electron chi connectivity index (χ0n) is 20.6. The zero-order chi connectivity index (χ0) is 25.4. The monoisotopic (exact) mass is 489 g/mol. The van der Waals surface area contributed by atoms with Crippen molar-refractivity contribution in [1.82, 2.24) is 14.8 Å². The van der Waals surface area contributed by atoms with Gasteiger partial charge in [-0.1, -0.05) is 49.4 Å². The second-order valence-corrected chi connectivity index (χ2v) is 9.88. The van der Waals surface area contributed by atoms with Gasteiger partial charge in [-0.3, -0.25) is 14.5 Å². The Kier molecular flexibility index (Phi) is 6.77. The standard InChI is InChI=1S/C29H32FN3O3/c1-3-14-32-26-23(24(17-34)27(32)28(35)31-18(2)19-8-5-4-6-9-19)16-33-25(26)13-12-22(29(33)36)20-10-7-11-21(30)15-20/h4-13,15,18,23-24,26-27,34H,3,14,16-17H2,1-2H3,(H,31,35)/t18-,23-,24-,26+,27-/m1/s1. The SMILES string of the molecule is CCCN1[C@@H]2c3ccc(-c4cccc(F)c4)c(=O)n3C[C@@H]2[C@@H](CO)[C@@H]1C(=O)N[C@H](C)c1ccccc1. The molecule has 0 radical (unpaired) electrons. The highest BCUT2D eigenvalue weighted by molar-refractivity contribution is 5.83. The number of pyridine rings is 1. The van der Waals surface area contributed by atoms with E-state index in [-0.39, 0.29) is 47.8 Å². The summed E-state index contributed by atoms with van der Waals surface area (Å²) in [5, 5.41) is 13.6. The van der Waals surface area contributed by atoms with E-state index >= 15 is 0 Å². The fraction of sp³-hybridized carbons (Fsp3) is 0.379. The molecular weight excluding hydrogens is 457 g/mol. The van der Waals surface area contributed by atoms with E-state index in [4.69, 9.17) is 0 Å². The Labute approximate surface area is 210 Å². The highest BCUT2D eigenvalue weighted by Crippen LogP contribution is 2.49. The van der Waals surface area contributed by atoms with Gasteiger partial charge in [0.05, 0.1) is 18.1 Å². The van der Waals surface area contributed by atoms with Gasteiger partial charge in [-0.05, 0) is 55.3 Å². The zero-order valence-corrected chi connectivity index (χ0v) is 20.6. The van der Waals surface area contributed by atoms with Gasteiger partial charge >= 0.3 is 0 Å². The van der Waals surface area contributed by atoms with Crippen LogP contribution in [0.4, 0.5) is 4.39 Å². The summed E-state index contributed by atoms with van der Waals surface area (Å²) in [6.07, 6.45) is 0.838. The van der Waals surface area contributed by atoms with E-state index < -0.39 is 6.04 Å². The molecule has 1 saturated heterocycles. The number of carbonyl (C=O) groups excluding carboxylic acids is 1. The second kappa shape index (κ2) is 9.99. The third kappa shape index (κ3) is 4.16. The van der Waals surface area contributed by atoms with Crippen LogP contribution in [0.15, 0.2) is 71.5 Å². The minimum absolute atomic E-state index is 0.0696. The van der Waals surface area contributed by atoms with Gasteiger partial charge in [-0.15, -0.1) is 0 Å². The van der Waals surface area contributed by atoms with Crippen LogP contribution >= 0.6 is 0 Å². The number of halogens is 1. The molecule has 5 atom stereocenters. The van der Waals surface area contributed by atoms with Crippen LogP contribution in [0.5, 0.6) is 0 Å². The van der Waals surface area contributed by atoms with Crippen molar-refractivity contribution in [3.63, 3.8) is 0 Å². The van der Waals surface area contributed by atoms with Crippen LogP contribution < -0.4 is 10.9 Å². The van der Waals surface area contributed by atoms with Crippen molar-refractivity contribution in [3.8, 4) is 11.1 Å². The number of aliphatic hydroxyl groups is 1. The van der Waals surface area contributed by atoms with E-state index in [2.05, 4.69) is 17.1 Å². The fourth-order valence-electron chi connectivity index (χ4n) is 6.12. The molecule has 0 bridgehead atoms. The molecule has 188 valence electrons. The van der Waals surface area contributed by atoms with Crippen molar-refractivity contribution in [1.29, 1.82) is 0 Å². The summed E-state index contributed by atoms with van der Waals surface area (Å²) in [6.45, 7) is 4.99. The quantitative estimate of drug-likeness (QED) is 0.528. The van der Waals surface area contributed by atoms with Crippen LogP contribution in [-0.4, -0.2) is 39.7 Å². The van der Waals surface area contributed by atoms with Crippen LogP contribution in [0.25, 0.3) is 11.1 Å². The van der Waals surface area contributed by atoms with Crippen LogP contribution in [-0.2, 0) is 11.3 Å². The number of aliphatic hydroxyl groups excluding tert-OH is 1. The molecule has 0 saturated carbocycles. The molecule has 0 unspecified atom stereocenters. The molecule has 3 heterocycles. The van der Waals surface area contributed by atoms with E-state index in [1.165, 1.54) is 12.1 Å². The number of aromatic nitrogens is 1. The normalized spacial score (nSPS) is 23.8. The smallest absolute Gasteiger partial charge is 0.258 e. The molecule has 2 aromatic carbocycles. The maximum Gasteiger partial charge on any atom is 0.258 e. The van der Waals surface area contributed by atoms with Crippen molar-refractivity contribution >= 4 is 5.91 Å². The number of hydrogen-bond donors (Lipinski definition) is 2. The first kappa shape index (κ1) is 24.4. The summed E-state index contributed by atoms with van der Waals surface area (Å²) in [5.74, 6) is -0.859. The number of fused-ring (bicyclic) bond motifs is 3. The summed E-state index contributed by atoms with van der Waals surface area (Å²) < 4.78 is 15.6. The molecule has 5 rings (SSSR count). The Balaban J connectivity index is 1.48. The number of carbonyl (C=O) groups is 1. The molecule has 1 amide bonds. The Bertz CT molecular complexity index is 1310. The van der Waals surface area contributed by atoms with Crippen molar-refractivity contribution in [2.75, 3.05) is 13.2 Å². The first-order valence-corrected chi connectivity index (χ1v) is 12.7. The van der Waals surface area contributed by atoms with Gasteiger partial charge in [-0.2, -0.15) is 0 Å². The molecule has 3 aromatic rings. The van der Waals surface area contributed by atoms with Gasteiger partial charge in [0.15, 0.2) is 0 Å². The highest BCUT2D eigenvalue weighted by atomic mass is 19.1. The summed E-state index contributed by atoms with van der Waals surface area (Å²) >= 11 is 0. The third-order valence-corrected chi connectivity index (χ3v) is 7.74. The van der Waals surface area contributed by atoms with Gasteiger partial charge in [-0.25, -0.2) is 4.39 Å². The molecule has 0 aliphatic carbocycles. The lowest BCUT2D eigenvalue weighted by molar-refractivity contribution is -0.128. The molecule has 6 nitrogen and oxygen atoms in total. The summed E-state index contributed by atoms with van der Waals surface area (Å²) in [4.78, 5) is 29.2. The lowest BCUT2D eigenvalue weighted by Gasteiger charge is -2.31. The van der Waals surface area contributed by atoms with E-state index in [0.717, 1.165) is 17.7 Å². The van der Waals surface area contributed by atoms with E-state index in [1.807, 2.05) is 43.3 Å². The minimum Gasteiger partial charge on any atom is -0.396 e. The molecule has 2 aliphatic rings. The number of nitrogens with one attached hydrogen (secondary N) is 1. The number of hydrogen-bond acceptors (Lipinski definition) is 4. The average molecular weight is 490 g/mol. The average Bonchev–Trinajstić information content (AvgIpc) is 3.40. The Morgan fingerprint density at radius 3 is 2.61 bits per heavy atom. The lowest BCUT2D eigenvalue weighted by atomic mass is 9.88. The highest BCUT2D eigenvalue weighted by Gasteiger charge is 2.55. The molecule has 7 heteroatoms. The van der Waals surface area contributed by atoms with E-state index in [0.29, 0.717) is 24.2 Å². The Morgan fingerprint density at radius 2 is 1.92 bits per heavy atom. The van der Waals surface area contributed by atoms with Crippen molar-refractivity contribution in [3.05, 3.63) is 94.2 Å². The first-order chi connectivity index (χ1) is 17.4. The van der Waals surface area contributed by atoms with Crippen LogP contribution in [0.3, 0.4) is 0 Å². The molecule has 2 aliphatic heterocycles. The summed E-state index contributed by atoms with van der Waals surface area (Å²) in [7, 11) is 0. The second-order valence-electron chi connectivity index (χ2n) is 9.88. The number of nitrogens with zero attached hydrogens (tertiary/aromatic N) is 2. The number of likely N-dealkylation sites (tertiary alicyclic amines) is 1. The first-order valence-electron chi connectivity index (χ1n) is 12.7. The van der Waals surface area contributed by atoms with Crippen molar-refractivity contribution in [2.45, 2.75) is 44.9 Å². The third-order valence-electron chi connectivity index (χ3n) is 7.74. The number of benzene rings is 2. The van der Waals surface area contributed by atoms with Crippen molar-refractivity contribution < 1.29 is 14.3 Å². The molecular formula is C29H32FN3O3. The van der Waals surface area contributed by atoms with Crippen LogP contribution in [0.1, 0.15) is 43.6 Å². The maximum atomic E-state index is 13.8. The maximum absolute atomic E-state index is 13.8. The van der Waals surface area contributed by atoms with Crippen molar-refractivity contribution in [2.24, 2.45) is 11.8 Å². The number of rotatable bonds is 7. The fourth-order valence-corrected chi connectivity index (χ4v) is 6.12. The summed E-state index contributed by atoms with van der Waals surface area (Å²) in [5.41, 5.74) is 2.70. The molecule has 1 aromatic heterocycles. The number of amides is 1. The van der Waals surface area contributed by atoms with E-state index in [9.17, 15) is 19.1 Å². The van der Waals surface area contributed by atoms with E-state index in [1.54, 1.807) is 22.8 Å².